The van der Waals surface area contributed by atoms with Crippen LogP contribution in [0, 0.1) is 0 Å². The predicted octanol–water partition coefficient (Wildman–Crippen LogP) is 7.22. The Labute approximate surface area is 203 Å². The Bertz CT molecular complexity index is 979. The number of ether oxygens (including phenoxy) is 1. The zero-order chi connectivity index (χ0) is 23.6. The van der Waals surface area contributed by atoms with Crippen molar-refractivity contribution >= 4 is 17.5 Å². The van der Waals surface area contributed by atoms with Crippen molar-refractivity contribution in [1.82, 2.24) is 10.6 Å². The lowest BCUT2D eigenvalue weighted by Gasteiger charge is -2.46. The van der Waals surface area contributed by atoms with E-state index in [1.807, 2.05) is 18.2 Å². The second-order valence-corrected chi connectivity index (χ2v) is 11.5. The molecular formula is C28H37ClN2O2. The van der Waals surface area contributed by atoms with Crippen LogP contribution in [0.4, 0.5) is 0 Å². The van der Waals surface area contributed by atoms with Crippen LogP contribution in [0.2, 0.25) is 5.02 Å². The van der Waals surface area contributed by atoms with E-state index in [-0.39, 0.29) is 23.0 Å². The average Bonchev–Trinajstić information content (AvgIpc) is 2.74. The van der Waals surface area contributed by atoms with E-state index in [9.17, 15) is 4.79 Å². The standard InChI is InChI=1S/C28H37ClN2O2/c1-27(2)17-21(18-28(3,4)31-27)30-26(32)20-14-15-25(23(29)16-20)33-24-13-9-8-12-22(24)19-10-6-5-7-11-19/h8-9,12-16,19,21,31H,5-7,10-11,17-18H2,1-4H3,(H,30,32). The summed E-state index contributed by atoms with van der Waals surface area (Å²) in [6.07, 6.45) is 8.05. The molecule has 2 aromatic carbocycles. The van der Waals surface area contributed by atoms with Crippen molar-refractivity contribution in [2.75, 3.05) is 0 Å². The van der Waals surface area contributed by atoms with Crippen LogP contribution in [0.3, 0.4) is 0 Å². The van der Waals surface area contributed by atoms with Gasteiger partial charge in [0.15, 0.2) is 0 Å². The summed E-state index contributed by atoms with van der Waals surface area (Å²) >= 11 is 6.58. The molecule has 1 aliphatic carbocycles. The fourth-order valence-corrected chi connectivity index (χ4v) is 6.08. The third-order valence-electron chi connectivity index (χ3n) is 6.90. The van der Waals surface area contributed by atoms with E-state index in [0.717, 1.165) is 18.6 Å². The normalized spacial score (nSPS) is 20.9. The number of halogens is 1. The largest absolute Gasteiger partial charge is 0.456 e. The number of rotatable bonds is 5. The van der Waals surface area contributed by atoms with Crippen LogP contribution in [0.25, 0.3) is 0 Å². The van der Waals surface area contributed by atoms with Gasteiger partial charge in [-0.3, -0.25) is 4.79 Å². The molecule has 4 rings (SSSR count). The smallest absolute Gasteiger partial charge is 0.251 e. The lowest BCUT2D eigenvalue weighted by Crippen LogP contribution is -2.62. The number of benzene rings is 2. The summed E-state index contributed by atoms with van der Waals surface area (Å²) in [7, 11) is 0. The molecule has 0 bridgehead atoms. The minimum Gasteiger partial charge on any atom is -0.456 e. The summed E-state index contributed by atoms with van der Waals surface area (Å²) < 4.78 is 6.26. The summed E-state index contributed by atoms with van der Waals surface area (Å²) in [5.41, 5.74) is 1.76. The van der Waals surface area contributed by atoms with Crippen molar-refractivity contribution in [2.24, 2.45) is 0 Å². The highest BCUT2D eigenvalue weighted by atomic mass is 35.5. The Morgan fingerprint density at radius 3 is 2.30 bits per heavy atom. The van der Waals surface area contributed by atoms with Crippen molar-refractivity contribution in [2.45, 2.75) is 95.7 Å². The van der Waals surface area contributed by atoms with E-state index < -0.39 is 0 Å². The summed E-state index contributed by atoms with van der Waals surface area (Å²) in [5.74, 6) is 1.89. The molecule has 1 amide bonds. The highest BCUT2D eigenvalue weighted by Crippen LogP contribution is 2.40. The molecule has 0 atom stereocenters. The molecule has 0 radical (unpaired) electrons. The maximum absolute atomic E-state index is 13.0. The summed E-state index contributed by atoms with van der Waals surface area (Å²) in [5, 5.41) is 7.32. The molecule has 33 heavy (non-hydrogen) atoms. The van der Waals surface area contributed by atoms with Gasteiger partial charge >= 0.3 is 0 Å². The SMILES string of the molecule is CC1(C)CC(NC(=O)c2ccc(Oc3ccccc3C3CCCCC3)c(Cl)c2)CC(C)(C)N1. The number of hydrogen-bond donors (Lipinski definition) is 2. The van der Waals surface area contributed by atoms with Gasteiger partial charge < -0.3 is 15.4 Å². The third kappa shape index (κ3) is 6.10. The molecule has 0 spiro atoms. The van der Waals surface area contributed by atoms with E-state index >= 15 is 0 Å². The van der Waals surface area contributed by atoms with E-state index in [1.165, 1.54) is 37.7 Å². The monoisotopic (exact) mass is 468 g/mol. The van der Waals surface area contributed by atoms with Crippen molar-refractivity contribution < 1.29 is 9.53 Å². The highest BCUT2D eigenvalue weighted by molar-refractivity contribution is 6.32. The fraction of sp³-hybridized carbons (Fsp3) is 0.536. The van der Waals surface area contributed by atoms with Gasteiger partial charge in [-0.05, 0) is 89.1 Å². The van der Waals surface area contributed by atoms with Gasteiger partial charge in [0.05, 0.1) is 5.02 Å². The molecule has 178 valence electrons. The highest BCUT2D eigenvalue weighted by Gasteiger charge is 2.38. The Morgan fingerprint density at radius 1 is 0.970 bits per heavy atom. The third-order valence-corrected chi connectivity index (χ3v) is 7.20. The van der Waals surface area contributed by atoms with Gasteiger partial charge in [0.1, 0.15) is 11.5 Å². The number of para-hydroxylation sites is 1. The first-order valence-electron chi connectivity index (χ1n) is 12.3. The van der Waals surface area contributed by atoms with Gasteiger partial charge in [0.2, 0.25) is 0 Å². The van der Waals surface area contributed by atoms with Gasteiger partial charge in [-0.15, -0.1) is 0 Å². The van der Waals surface area contributed by atoms with E-state index in [0.29, 0.717) is 22.3 Å². The molecule has 5 heteroatoms. The zero-order valence-corrected chi connectivity index (χ0v) is 21.1. The molecule has 1 saturated heterocycles. The maximum Gasteiger partial charge on any atom is 0.251 e. The number of carbonyl (C=O) groups is 1. The van der Waals surface area contributed by atoms with E-state index in [1.54, 1.807) is 12.1 Å². The first-order valence-corrected chi connectivity index (χ1v) is 12.7. The van der Waals surface area contributed by atoms with Crippen LogP contribution < -0.4 is 15.4 Å². The zero-order valence-electron chi connectivity index (χ0n) is 20.3. The molecule has 0 aromatic heterocycles. The molecule has 1 aliphatic heterocycles. The lowest BCUT2D eigenvalue weighted by molar-refractivity contribution is 0.0873. The van der Waals surface area contributed by atoms with Crippen LogP contribution in [-0.2, 0) is 0 Å². The van der Waals surface area contributed by atoms with Crippen LogP contribution in [-0.4, -0.2) is 23.0 Å². The minimum atomic E-state index is -0.0930. The van der Waals surface area contributed by atoms with Crippen molar-refractivity contribution in [3.63, 3.8) is 0 Å². The van der Waals surface area contributed by atoms with E-state index in [2.05, 4.69) is 50.5 Å². The number of piperidine rings is 1. The molecule has 2 aliphatic rings. The van der Waals surface area contributed by atoms with Gasteiger partial charge in [-0.1, -0.05) is 49.1 Å². The number of carbonyl (C=O) groups excluding carboxylic acids is 1. The van der Waals surface area contributed by atoms with E-state index in [4.69, 9.17) is 16.3 Å². The number of nitrogens with one attached hydrogen (secondary N) is 2. The molecule has 4 nitrogen and oxygen atoms in total. The second-order valence-electron chi connectivity index (χ2n) is 11.1. The minimum absolute atomic E-state index is 0.0270. The second kappa shape index (κ2) is 9.68. The molecule has 0 unspecified atom stereocenters. The number of hydrogen-bond acceptors (Lipinski definition) is 3. The Kier molecular flexibility index (Phi) is 7.07. The molecule has 1 heterocycles. The fourth-order valence-electron chi connectivity index (χ4n) is 5.86. The Morgan fingerprint density at radius 2 is 1.64 bits per heavy atom. The first-order chi connectivity index (χ1) is 15.6. The van der Waals surface area contributed by atoms with Crippen LogP contribution in [0.15, 0.2) is 42.5 Å². The number of amides is 1. The van der Waals surface area contributed by atoms with Gasteiger partial charge in [-0.2, -0.15) is 0 Å². The average molecular weight is 469 g/mol. The maximum atomic E-state index is 13.0. The van der Waals surface area contributed by atoms with Gasteiger partial charge in [0.25, 0.3) is 5.91 Å². The molecule has 2 N–H and O–H groups in total. The topological polar surface area (TPSA) is 50.4 Å². The summed E-state index contributed by atoms with van der Waals surface area (Å²) in [6, 6.07) is 13.7. The van der Waals surface area contributed by atoms with Crippen LogP contribution >= 0.6 is 11.6 Å². The van der Waals surface area contributed by atoms with Crippen LogP contribution in [0.1, 0.15) is 94.5 Å². The Hall–Kier alpha value is -2.04. The summed E-state index contributed by atoms with van der Waals surface area (Å²) in [6.45, 7) is 8.73. The lowest BCUT2D eigenvalue weighted by atomic mass is 9.79. The van der Waals surface area contributed by atoms with Crippen molar-refractivity contribution in [1.29, 1.82) is 0 Å². The quantitative estimate of drug-likeness (QED) is 0.487. The van der Waals surface area contributed by atoms with Crippen molar-refractivity contribution in [3.05, 3.63) is 58.6 Å². The Balaban J connectivity index is 1.46. The van der Waals surface area contributed by atoms with Gasteiger partial charge in [-0.25, -0.2) is 0 Å². The molecule has 2 fully saturated rings. The van der Waals surface area contributed by atoms with Gasteiger partial charge in [0, 0.05) is 22.7 Å². The molecular weight excluding hydrogens is 432 g/mol. The summed E-state index contributed by atoms with van der Waals surface area (Å²) in [4.78, 5) is 13.0. The van der Waals surface area contributed by atoms with Crippen LogP contribution in [0.5, 0.6) is 11.5 Å². The van der Waals surface area contributed by atoms with Crippen molar-refractivity contribution in [3.8, 4) is 11.5 Å². The molecule has 2 aromatic rings. The molecule has 1 saturated carbocycles. The predicted molar refractivity (Wildman–Crippen MR) is 136 cm³/mol. The first kappa shape index (κ1) is 24.1.